The molecule has 1 N–H and O–H groups in total. The summed E-state index contributed by atoms with van der Waals surface area (Å²) in [5, 5.41) is 4.11. The molecule has 1 fully saturated rings. The van der Waals surface area contributed by atoms with Gasteiger partial charge in [-0.3, -0.25) is 0 Å². The SMILES string of the molecule is CC1=NC(=S)NC2(CCCCC2)C1. The van der Waals surface area contributed by atoms with Gasteiger partial charge in [0.2, 0.25) is 0 Å². The van der Waals surface area contributed by atoms with Crippen LogP contribution < -0.4 is 5.32 Å². The van der Waals surface area contributed by atoms with Crippen LogP contribution in [0.15, 0.2) is 4.99 Å². The Labute approximate surface area is 84.8 Å². The van der Waals surface area contributed by atoms with Gasteiger partial charge in [0.15, 0.2) is 5.11 Å². The van der Waals surface area contributed by atoms with E-state index in [9.17, 15) is 0 Å². The van der Waals surface area contributed by atoms with E-state index in [1.165, 1.54) is 37.8 Å². The summed E-state index contributed by atoms with van der Waals surface area (Å²) in [6.07, 6.45) is 7.67. The van der Waals surface area contributed by atoms with Crippen molar-refractivity contribution in [3.63, 3.8) is 0 Å². The normalized spacial score (nSPS) is 26.8. The van der Waals surface area contributed by atoms with E-state index in [4.69, 9.17) is 12.2 Å². The molecule has 2 rings (SSSR count). The number of nitrogens with zero attached hydrogens (tertiary/aromatic N) is 1. The highest BCUT2D eigenvalue weighted by molar-refractivity contribution is 7.80. The summed E-state index contributed by atoms with van der Waals surface area (Å²) < 4.78 is 0. The second kappa shape index (κ2) is 3.37. The van der Waals surface area contributed by atoms with Gasteiger partial charge in [-0.25, -0.2) is 4.99 Å². The van der Waals surface area contributed by atoms with Crippen LogP contribution in [-0.4, -0.2) is 16.4 Å². The predicted molar refractivity (Wildman–Crippen MR) is 59.3 cm³/mol. The van der Waals surface area contributed by atoms with Crippen molar-refractivity contribution in [2.75, 3.05) is 0 Å². The third-order valence-electron chi connectivity index (χ3n) is 3.07. The highest BCUT2D eigenvalue weighted by Gasteiger charge is 2.35. The Bertz CT molecular complexity index is 252. The van der Waals surface area contributed by atoms with E-state index in [1.54, 1.807) is 0 Å². The molecular weight excluding hydrogens is 180 g/mol. The molecule has 1 saturated carbocycles. The molecule has 1 heterocycles. The van der Waals surface area contributed by atoms with Crippen molar-refractivity contribution in [1.29, 1.82) is 0 Å². The summed E-state index contributed by atoms with van der Waals surface area (Å²) >= 11 is 5.14. The summed E-state index contributed by atoms with van der Waals surface area (Å²) in [6.45, 7) is 2.09. The van der Waals surface area contributed by atoms with Gasteiger partial charge in [-0.2, -0.15) is 0 Å². The van der Waals surface area contributed by atoms with Crippen LogP contribution in [-0.2, 0) is 0 Å². The summed E-state index contributed by atoms with van der Waals surface area (Å²) in [5.41, 5.74) is 1.48. The molecule has 0 aromatic heterocycles. The molecular formula is C10H16N2S. The lowest BCUT2D eigenvalue weighted by Crippen LogP contribution is -2.52. The first-order valence-corrected chi connectivity index (χ1v) is 5.47. The largest absolute Gasteiger partial charge is 0.355 e. The average Bonchev–Trinajstić information content (AvgIpc) is 2.02. The molecule has 1 aliphatic carbocycles. The Hall–Kier alpha value is -0.440. The molecule has 72 valence electrons. The Morgan fingerprint density at radius 3 is 2.62 bits per heavy atom. The monoisotopic (exact) mass is 196 g/mol. The number of rotatable bonds is 0. The predicted octanol–water partition coefficient (Wildman–Crippen LogP) is 2.43. The van der Waals surface area contributed by atoms with Crippen molar-refractivity contribution in [3.05, 3.63) is 0 Å². The lowest BCUT2D eigenvalue weighted by atomic mass is 9.78. The first-order valence-electron chi connectivity index (χ1n) is 5.07. The lowest BCUT2D eigenvalue weighted by molar-refractivity contribution is 0.271. The van der Waals surface area contributed by atoms with Gasteiger partial charge in [-0.05, 0) is 32.0 Å². The van der Waals surface area contributed by atoms with Crippen molar-refractivity contribution >= 4 is 23.0 Å². The Morgan fingerprint density at radius 1 is 1.31 bits per heavy atom. The van der Waals surface area contributed by atoms with E-state index in [0.29, 0.717) is 5.11 Å². The average molecular weight is 196 g/mol. The maximum atomic E-state index is 5.14. The van der Waals surface area contributed by atoms with Gasteiger partial charge in [-0.15, -0.1) is 0 Å². The Morgan fingerprint density at radius 2 is 2.00 bits per heavy atom. The molecule has 0 amide bonds. The van der Waals surface area contributed by atoms with Crippen LogP contribution in [0, 0.1) is 0 Å². The zero-order chi connectivity index (χ0) is 9.31. The second-order valence-corrected chi connectivity index (χ2v) is 4.68. The van der Waals surface area contributed by atoms with Crippen LogP contribution in [0.1, 0.15) is 45.4 Å². The summed E-state index contributed by atoms with van der Waals surface area (Å²) in [7, 11) is 0. The number of nitrogens with one attached hydrogen (secondary N) is 1. The van der Waals surface area contributed by atoms with Gasteiger partial charge in [0.1, 0.15) is 0 Å². The van der Waals surface area contributed by atoms with Crippen molar-refractivity contribution in [2.45, 2.75) is 51.0 Å². The molecule has 0 unspecified atom stereocenters. The van der Waals surface area contributed by atoms with Crippen molar-refractivity contribution < 1.29 is 0 Å². The maximum absolute atomic E-state index is 5.14. The minimum absolute atomic E-state index is 0.279. The van der Waals surface area contributed by atoms with Gasteiger partial charge < -0.3 is 5.32 Å². The fourth-order valence-corrected chi connectivity index (χ4v) is 2.90. The van der Waals surface area contributed by atoms with Crippen LogP contribution in [0.4, 0.5) is 0 Å². The van der Waals surface area contributed by atoms with Gasteiger partial charge in [0.05, 0.1) is 0 Å². The Balaban J connectivity index is 2.15. The zero-order valence-electron chi connectivity index (χ0n) is 8.10. The minimum Gasteiger partial charge on any atom is -0.355 e. The summed E-state index contributed by atoms with van der Waals surface area (Å²) in [5.74, 6) is 0. The van der Waals surface area contributed by atoms with Crippen molar-refractivity contribution in [2.24, 2.45) is 4.99 Å². The van der Waals surface area contributed by atoms with E-state index in [-0.39, 0.29) is 5.54 Å². The number of hydrogen-bond acceptors (Lipinski definition) is 1. The third-order valence-corrected chi connectivity index (χ3v) is 3.26. The molecule has 0 atom stereocenters. The molecule has 0 bridgehead atoms. The second-order valence-electron chi connectivity index (χ2n) is 4.29. The fourth-order valence-electron chi connectivity index (χ4n) is 2.53. The summed E-state index contributed by atoms with van der Waals surface area (Å²) in [6, 6.07) is 0. The zero-order valence-corrected chi connectivity index (χ0v) is 8.91. The minimum atomic E-state index is 0.279. The van der Waals surface area contributed by atoms with Crippen molar-refractivity contribution in [1.82, 2.24) is 5.32 Å². The molecule has 2 nitrogen and oxygen atoms in total. The van der Waals surface area contributed by atoms with E-state index >= 15 is 0 Å². The molecule has 0 saturated heterocycles. The van der Waals surface area contributed by atoms with Crippen LogP contribution in [0.2, 0.25) is 0 Å². The smallest absolute Gasteiger partial charge is 0.193 e. The van der Waals surface area contributed by atoms with E-state index < -0.39 is 0 Å². The molecule has 1 aliphatic heterocycles. The molecule has 0 aromatic rings. The quantitative estimate of drug-likeness (QED) is 0.602. The van der Waals surface area contributed by atoms with Crippen molar-refractivity contribution in [3.8, 4) is 0 Å². The molecule has 0 aromatic carbocycles. The van der Waals surface area contributed by atoms with Crippen LogP contribution >= 0.6 is 12.2 Å². The molecule has 1 spiro atoms. The highest BCUT2D eigenvalue weighted by Crippen LogP contribution is 2.33. The number of aliphatic imine (C=N–C) groups is 1. The van der Waals surface area contributed by atoms with Gasteiger partial charge in [-0.1, -0.05) is 19.3 Å². The first kappa shape index (κ1) is 9.13. The molecule has 0 radical (unpaired) electrons. The number of hydrogen-bond donors (Lipinski definition) is 1. The van der Waals surface area contributed by atoms with Crippen LogP contribution in [0.5, 0.6) is 0 Å². The van der Waals surface area contributed by atoms with Gasteiger partial charge in [0, 0.05) is 17.7 Å². The highest BCUT2D eigenvalue weighted by atomic mass is 32.1. The van der Waals surface area contributed by atoms with E-state index in [1.807, 2.05) is 0 Å². The third kappa shape index (κ3) is 1.90. The topological polar surface area (TPSA) is 24.4 Å². The van der Waals surface area contributed by atoms with Gasteiger partial charge >= 0.3 is 0 Å². The standard InChI is InChI=1S/C10H16N2S/c1-8-7-10(12-9(13)11-8)5-3-2-4-6-10/h2-7H2,1H3,(H,12,13). The van der Waals surface area contributed by atoms with E-state index in [2.05, 4.69) is 17.2 Å². The molecule has 13 heavy (non-hydrogen) atoms. The number of thiocarbonyl (C=S) groups is 1. The molecule has 2 aliphatic rings. The first-order chi connectivity index (χ1) is 6.20. The lowest BCUT2D eigenvalue weighted by Gasteiger charge is -2.40. The van der Waals surface area contributed by atoms with E-state index in [0.717, 1.165) is 6.42 Å². The van der Waals surface area contributed by atoms with Crippen LogP contribution in [0.25, 0.3) is 0 Å². The van der Waals surface area contributed by atoms with Crippen LogP contribution in [0.3, 0.4) is 0 Å². The Kier molecular flexibility index (Phi) is 2.37. The fraction of sp³-hybridized carbons (Fsp3) is 0.800. The maximum Gasteiger partial charge on any atom is 0.193 e. The molecule has 3 heteroatoms. The van der Waals surface area contributed by atoms with Gasteiger partial charge in [0.25, 0.3) is 0 Å². The summed E-state index contributed by atoms with van der Waals surface area (Å²) in [4.78, 5) is 4.27.